The summed E-state index contributed by atoms with van der Waals surface area (Å²) in [5.74, 6) is 0.321. The summed E-state index contributed by atoms with van der Waals surface area (Å²) in [6.45, 7) is 1.69. The van der Waals surface area contributed by atoms with E-state index in [1.807, 2.05) is 0 Å². The number of pyridine rings is 1. The van der Waals surface area contributed by atoms with Gasteiger partial charge in [-0.15, -0.1) is 0 Å². The third-order valence-corrected chi connectivity index (χ3v) is 4.66. The largest absolute Gasteiger partial charge is 0.382 e. The highest BCUT2D eigenvalue weighted by molar-refractivity contribution is 7.89. The molecule has 0 aliphatic carbocycles. The van der Waals surface area contributed by atoms with Gasteiger partial charge in [-0.1, -0.05) is 11.6 Å². The number of sulfonamides is 1. The number of hydrogen-bond donors (Lipinski definition) is 2. The topological polar surface area (TPSA) is 94.3 Å². The zero-order valence-electron chi connectivity index (χ0n) is 10.3. The normalized spacial score (nSPS) is 20.4. The highest BCUT2D eigenvalue weighted by atomic mass is 35.5. The van der Waals surface area contributed by atoms with Crippen LogP contribution in [0.1, 0.15) is 12.8 Å². The van der Waals surface area contributed by atoms with E-state index in [9.17, 15) is 8.42 Å². The van der Waals surface area contributed by atoms with Gasteiger partial charge in [0.1, 0.15) is 10.7 Å². The third-order valence-electron chi connectivity index (χ3n) is 2.97. The number of hydrogen-bond acceptors (Lipinski definition) is 5. The van der Waals surface area contributed by atoms with Gasteiger partial charge in [0.05, 0.1) is 11.6 Å². The Morgan fingerprint density at radius 2 is 2.37 bits per heavy atom. The average Bonchev–Trinajstić information content (AvgIpc) is 2.41. The lowest BCUT2D eigenvalue weighted by molar-refractivity contribution is 0.0568. The number of nitrogens with one attached hydrogen (secondary N) is 1. The first-order valence-electron chi connectivity index (χ1n) is 5.97. The molecule has 3 N–H and O–H groups in total. The van der Waals surface area contributed by atoms with Crippen LogP contribution in [-0.2, 0) is 14.8 Å². The van der Waals surface area contributed by atoms with Crippen molar-refractivity contribution >= 4 is 27.4 Å². The van der Waals surface area contributed by atoms with Crippen LogP contribution in [0.15, 0.2) is 17.2 Å². The van der Waals surface area contributed by atoms with Crippen molar-refractivity contribution in [2.75, 3.05) is 25.5 Å². The SMILES string of the molecule is Nc1ncc(S(=O)(=O)NCC2CCCOC2)cc1Cl. The van der Waals surface area contributed by atoms with Gasteiger partial charge in [0, 0.05) is 19.3 Å². The molecule has 1 fully saturated rings. The van der Waals surface area contributed by atoms with Gasteiger partial charge in [-0.05, 0) is 24.8 Å². The molecule has 106 valence electrons. The van der Waals surface area contributed by atoms with Crippen LogP contribution in [0.4, 0.5) is 5.82 Å². The number of nitrogen functional groups attached to an aromatic ring is 1. The molecule has 1 saturated heterocycles. The van der Waals surface area contributed by atoms with Gasteiger partial charge in [0.2, 0.25) is 10.0 Å². The molecule has 6 nitrogen and oxygen atoms in total. The molecule has 1 aliphatic heterocycles. The maximum Gasteiger partial charge on any atom is 0.242 e. The van der Waals surface area contributed by atoms with Gasteiger partial charge in [-0.3, -0.25) is 0 Å². The van der Waals surface area contributed by atoms with Crippen LogP contribution in [0.25, 0.3) is 0 Å². The zero-order chi connectivity index (χ0) is 13.9. The molecule has 0 spiro atoms. The van der Waals surface area contributed by atoms with Crippen LogP contribution in [0.3, 0.4) is 0 Å². The number of ether oxygens (including phenoxy) is 1. The van der Waals surface area contributed by atoms with Gasteiger partial charge in [-0.2, -0.15) is 0 Å². The van der Waals surface area contributed by atoms with Crippen molar-refractivity contribution in [1.82, 2.24) is 9.71 Å². The van der Waals surface area contributed by atoms with Crippen molar-refractivity contribution in [2.45, 2.75) is 17.7 Å². The van der Waals surface area contributed by atoms with Crippen LogP contribution in [0.5, 0.6) is 0 Å². The van der Waals surface area contributed by atoms with E-state index in [2.05, 4.69) is 9.71 Å². The van der Waals surface area contributed by atoms with E-state index in [4.69, 9.17) is 22.1 Å². The fourth-order valence-electron chi connectivity index (χ4n) is 1.86. The monoisotopic (exact) mass is 305 g/mol. The molecule has 0 aromatic carbocycles. The minimum Gasteiger partial charge on any atom is -0.382 e. The number of aromatic nitrogens is 1. The van der Waals surface area contributed by atoms with Crippen molar-refractivity contribution < 1.29 is 13.2 Å². The minimum atomic E-state index is -3.61. The zero-order valence-corrected chi connectivity index (χ0v) is 11.9. The van der Waals surface area contributed by atoms with Crippen LogP contribution >= 0.6 is 11.6 Å². The summed E-state index contributed by atoms with van der Waals surface area (Å²) in [7, 11) is -3.61. The molecule has 0 bridgehead atoms. The van der Waals surface area contributed by atoms with Crippen LogP contribution in [0, 0.1) is 5.92 Å². The summed E-state index contributed by atoms with van der Waals surface area (Å²) in [5.41, 5.74) is 5.45. The summed E-state index contributed by atoms with van der Waals surface area (Å²) in [6, 6.07) is 1.30. The smallest absolute Gasteiger partial charge is 0.242 e. The molecule has 0 saturated carbocycles. The molecule has 2 rings (SSSR count). The molecule has 1 aliphatic rings. The van der Waals surface area contributed by atoms with Gasteiger partial charge < -0.3 is 10.5 Å². The van der Waals surface area contributed by atoms with E-state index in [-0.39, 0.29) is 21.7 Å². The molecular formula is C11H16ClN3O3S. The summed E-state index contributed by atoms with van der Waals surface area (Å²) in [6.07, 6.45) is 3.12. The Bertz CT molecular complexity index is 544. The van der Waals surface area contributed by atoms with E-state index in [0.29, 0.717) is 13.2 Å². The highest BCUT2D eigenvalue weighted by Gasteiger charge is 2.20. The molecule has 1 aromatic heterocycles. The number of anilines is 1. The first-order chi connectivity index (χ1) is 8.99. The molecule has 0 radical (unpaired) electrons. The maximum absolute atomic E-state index is 12.0. The van der Waals surface area contributed by atoms with Crippen molar-refractivity contribution in [3.8, 4) is 0 Å². The van der Waals surface area contributed by atoms with Crippen molar-refractivity contribution in [3.63, 3.8) is 0 Å². The Morgan fingerprint density at radius 1 is 1.58 bits per heavy atom. The van der Waals surface area contributed by atoms with Crippen LogP contribution in [0.2, 0.25) is 5.02 Å². The van der Waals surface area contributed by atoms with Crippen LogP contribution in [-0.4, -0.2) is 33.2 Å². The van der Waals surface area contributed by atoms with E-state index in [1.54, 1.807) is 0 Å². The van der Waals surface area contributed by atoms with Crippen molar-refractivity contribution in [2.24, 2.45) is 5.92 Å². The van der Waals surface area contributed by atoms with Gasteiger partial charge in [0.25, 0.3) is 0 Å². The molecular weight excluding hydrogens is 290 g/mol. The summed E-state index contributed by atoms with van der Waals surface area (Å²) in [5, 5.41) is 0.129. The highest BCUT2D eigenvalue weighted by Crippen LogP contribution is 2.20. The third kappa shape index (κ3) is 3.79. The summed E-state index contributed by atoms with van der Waals surface area (Å²) < 4.78 is 31.9. The van der Waals surface area contributed by atoms with Crippen molar-refractivity contribution in [3.05, 3.63) is 17.3 Å². The number of halogens is 1. The molecule has 8 heteroatoms. The second-order valence-corrected chi connectivity index (χ2v) is 6.65. The molecule has 1 aromatic rings. The summed E-state index contributed by atoms with van der Waals surface area (Å²) >= 11 is 5.77. The van der Waals surface area contributed by atoms with Crippen molar-refractivity contribution in [1.29, 1.82) is 0 Å². The lowest BCUT2D eigenvalue weighted by atomic mass is 10.0. The molecule has 1 unspecified atom stereocenters. The van der Waals surface area contributed by atoms with Gasteiger partial charge >= 0.3 is 0 Å². The average molecular weight is 306 g/mol. The predicted octanol–water partition coefficient (Wildman–Crippen LogP) is 1.02. The van der Waals surface area contributed by atoms with E-state index < -0.39 is 10.0 Å². The Hall–Kier alpha value is -0.890. The first-order valence-corrected chi connectivity index (χ1v) is 7.83. The number of nitrogens with two attached hydrogens (primary N) is 1. The maximum atomic E-state index is 12.0. The minimum absolute atomic E-state index is 0.0171. The van der Waals surface area contributed by atoms with E-state index in [0.717, 1.165) is 19.4 Å². The number of rotatable bonds is 4. The Labute approximate surface area is 117 Å². The molecule has 1 atom stereocenters. The Balaban J connectivity index is 2.02. The number of nitrogens with zero attached hydrogens (tertiary/aromatic N) is 1. The molecule has 19 heavy (non-hydrogen) atoms. The predicted molar refractivity (Wildman–Crippen MR) is 72.4 cm³/mol. The van der Waals surface area contributed by atoms with E-state index >= 15 is 0 Å². The Morgan fingerprint density at radius 3 is 3.00 bits per heavy atom. The lowest BCUT2D eigenvalue weighted by Gasteiger charge is -2.22. The van der Waals surface area contributed by atoms with Crippen LogP contribution < -0.4 is 10.5 Å². The fourth-order valence-corrected chi connectivity index (χ4v) is 3.17. The molecule has 0 amide bonds. The molecule has 2 heterocycles. The second-order valence-electron chi connectivity index (χ2n) is 4.47. The van der Waals surface area contributed by atoms with E-state index in [1.165, 1.54) is 12.3 Å². The second kappa shape index (κ2) is 6.04. The first kappa shape index (κ1) is 14.5. The van der Waals surface area contributed by atoms with Gasteiger partial charge in [0.15, 0.2) is 0 Å². The Kier molecular flexibility index (Phi) is 4.62. The fraction of sp³-hybridized carbons (Fsp3) is 0.545. The summed E-state index contributed by atoms with van der Waals surface area (Å²) in [4.78, 5) is 3.76. The quantitative estimate of drug-likeness (QED) is 0.866. The van der Waals surface area contributed by atoms with Gasteiger partial charge in [-0.25, -0.2) is 18.1 Å². The standard InChI is InChI=1S/C11H16ClN3O3S/c12-10-4-9(6-14-11(10)13)19(16,17)15-5-8-2-1-3-18-7-8/h4,6,8,15H,1-3,5,7H2,(H2,13,14). The lowest BCUT2D eigenvalue weighted by Crippen LogP contribution is -2.33.